The third-order valence-corrected chi connectivity index (χ3v) is 5.34. The van der Waals surface area contributed by atoms with Crippen LogP contribution in [0.1, 0.15) is 29.6 Å². The SMILES string of the molecule is O=C(c1ccc(-n2cccn2)cc1)N1CCOC[C@@H]1[C@H]1CCC[C@H]1O. The van der Waals surface area contributed by atoms with Gasteiger partial charge in [0, 0.05) is 30.4 Å². The van der Waals surface area contributed by atoms with Gasteiger partial charge in [0.25, 0.3) is 5.91 Å². The molecule has 1 N–H and O–H groups in total. The molecule has 0 bridgehead atoms. The Kier molecular flexibility index (Phi) is 4.55. The summed E-state index contributed by atoms with van der Waals surface area (Å²) in [5, 5.41) is 14.5. The molecular weight excluding hydrogens is 318 g/mol. The summed E-state index contributed by atoms with van der Waals surface area (Å²) in [6.45, 7) is 1.64. The van der Waals surface area contributed by atoms with Crippen molar-refractivity contribution in [2.75, 3.05) is 19.8 Å². The number of nitrogens with zero attached hydrogens (tertiary/aromatic N) is 3. The average molecular weight is 341 g/mol. The van der Waals surface area contributed by atoms with Crippen molar-refractivity contribution < 1.29 is 14.6 Å². The highest BCUT2D eigenvalue weighted by atomic mass is 16.5. The van der Waals surface area contributed by atoms with Crippen LogP contribution in [0.15, 0.2) is 42.7 Å². The molecule has 132 valence electrons. The Morgan fingerprint density at radius 1 is 1.24 bits per heavy atom. The van der Waals surface area contributed by atoms with Gasteiger partial charge in [-0.1, -0.05) is 6.42 Å². The van der Waals surface area contributed by atoms with Gasteiger partial charge < -0.3 is 14.7 Å². The second-order valence-electron chi connectivity index (χ2n) is 6.80. The van der Waals surface area contributed by atoms with Crippen LogP contribution < -0.4 is 0 Å². The normalized spacial score (nSPS) is 26.8. The topological polar surface area (TPSA) is 67.6 Å². The minimum Gasteiger partial charge on any atom is -0.393 e. The van der Waals surface area contributed by atoms with E-state index in [-0.39, 0.29) is 24.0 Å². The number of hydrogen-bond acceptors (Lipinski definition) is 4. The van der Waals surface area contributed by atoms with Gasteiger partial charge in [-0.25, -0.2) is 4.68 Å². The van der Waals surface area contributed by atoms with E-state index in [0.29, 0.717) is 25.3 Å². The lowest BCUT2D eigenvalue weighted by molar-refractivity contribution is -0.0383. The van der Waals surface area contributed by atoms with Crippen LogP contribution in [0, 0.1) is 5.92 Å². The van der Waals surface area contributed by atoms with E-state index in [0.717, 1.165) is 24.9 Å². The molecule has 1 aromatic heterocycles. The van der Waals surface area contributed by atoms with Gasteiger partial charge in [0.1, 0.15) is 0 Å². The van der Waals surface area contributed by atoms with Crippen LogP contribution in [-0.4, -0.2) is 57.6 Å². The molecule has 0 unspecified atom stereocenters. The predicted octanol–water partition coefficient (Wildman–Crippen LogP) is 1.87. The zero-order valence-electron chi connectivity index (χ0n) is 14.1. The highest BCUT2D eigenvalue weighted by Crippen LogP contribution is 2.32. The Bertz CT molecular complexity index is 714. The molecule has 1 aliphatic heterocycles. The number of carbonyl (C=O) groups is 1. The number of aromatic nitrogens is 2. The maximum Gasteiger partial charge on any atom is 0.254 e. The molecule has 1 amide bonds. The van der Waals surface area contributed by atoms with Gasteiger partial charge in [-0.15, -0.1) is 0 Å². The lowest BCUT2D eigenvalue weighted by Crippen LogP contribution is -2.53. The van der Waals surface area contributed by atoms with Crippen LogP contribution in [0.25, 0.3) is 5.69 Å². The van der Waals surface area contributed by atoms with Crippen molar-refractivity contribution in [2.24, 2.45) is 5.92 Å². The maximum atomic E-state index is 13.0. The van der Waals surface area contributed by atoms with Crippen LogP contribution in [0.5, 0.6) is 0 Å². The largest absolute Gasteiger partial charge is 0.393 e. The number of amides is 1. The van der Waals surface area contributed by atoms with Gasteiger partial charge in [-0.05, 0) is 43.2 Å². The number of aliphatic hydroxyl groups is 1. The molecule has 2 aliphatic rings. The van der Waals surface area contributed by atoms with Crippen LogP contribution in [0.3, 0.4) is 0 Å². The smallest absolute Gasteiger partial charge is 0.254 e. The Balaban J connectivity index is 1.54. The van der Waals surface area contributed by atoms with E-state index in [1.165, 1.54) is 0 Å². The van der Waals surface area contributed by atoms with Crippen LogP contribution in [-0.2, 0) is 4.74 Å². The van der Waals surface area contributed by atoms with E-state index in [9.17, 15) is 9.90 Å². The van der Waals surface area contributed by atoms with Crippen LogP contribution >= 0.6 is 0 Å². The fourth-order valence-electron chi connectivity index (χ4n) is 3.99. The van der Waals surface area contributed by atoms with Crippen molar-refractivity contribution in [3.63, 3.8) is 0 Å². The van der Waals surface area contributed by atoms with Gasteiger partial charge in [0.2, 0.25) is 0 Å². The third kappa shape index (κ3) is 3.19. The van der Waals surface area contributed by atoms with Crippen molar-refractivity contribution in [3.8, 4) is 5.69 Å². The van der Waals surface area contributed by atoms with Crippen LogP contribution in [0.4, 0.5) is 0 Å². The lowest BCUT2D eigenvalue weighted by atomic mass is 9.93. The summed E-state index contributed by atoms with van der Waals surface area (Å²) in [5.74, 6) is 0.131. The van der Waals surface area contributed by atoms with Crippen molar-refractivity contribution in [1.29, 1.82) is 0 Å². The van der Waals surface area contributed by atoms with E-state index in [4.69, 9.17) is 4.74 Å². The second-order valence-corrected chi connectivity index (χ2v) is 6.80. The van der Waals surface area contributed by atoms with E-state index in [2.05, 4.69) is 5.10 Å². The van der Waals surface area contributed by atoms with Gasteiger partial charge in [0.05, 0.1) is 31.0 Å². The number of hydrogen-bond donors (Lipinski definition) is 1. The van der Waals surface area contributed by atoms with Gasteiger partial charge in [0.15, 0.2) is 0 Å². The first-order valence-electron chi connectivity index (χ1n) is 8.91. The molecule has 6 nitrogen and oxygen atoms in total. The standard InChI is InChI=1S/C19H23N3O3/c23-18-4-1-3-16(18)17-13-25-12-11-21(17)19(24)14-5-7-15(8-6-14)22-10-2-9-20-22/h2,5-10,16-18,23H,1,3-4,11-13H2/t16-,17-,18-/m1/s1. The summed E-state index contributed by atoms with van der Waals surface area (Å²) in [6, 6.07) is 9.32. The summed E-state index contributed by atoms with van der Waals surface area (Å²) in [7, 11) is 0. The Hall–Kier alpha value is -2.18. The number of benzene rings is 1. The quantitative estimate of drug-likeness (QED) is 0.925. The zero-order valence-corrected chi connectivity index (χ0v) is 14.1. The molecule has 1 aromatic carbocycles. The summed E-state index contributed by atoms with van der Waals surface area (Å²) < 4.78 is 7.38. The third-order valence-electron chi connectivity index (χ3n) is 5.34. The molecule has 2 aromatic rings. The molecule has 1 saturated carbocycles. The zero-order chi connectivity index (χ0) is 17.2. The summed E-state index contributed by atoms with van der Waals surface area (Å²) in [6.07, 6.45) is 6.06. The number of carbonyl (C=O) groups excluding carboxylic acids is 1. The molecule has 3 atom stereocenters. The monoisotopic (exact) mass is 341 g/mol. The summed E-state index contributed by atoms with van der Waals surface area (Å²) >= 11 is 0. The fourth-order valence-corrected chi connectivity index (χ4v) is 3.99. The van der Waals surface area contributed by atoms with Crippen LogP contribution in [0.2, 0.25) is 0 Å². The molecule has 0 radical (unpaired) electrons. The highest BCUT2D eigenvalue weighted by molar-refractivity contribution is 5.94. The fraction of sp³-hybridized carbons (Fsp3) is 0.474. The predicted molar refractivity (Wildman–Crippen MR) is 92.6 cm³/mol. The molecule has 25 heavy (non-hydrogen) atoms. The Labute approximate surface area is 147 Å². The Morgan fingerprint density at radius 3 is 2.76 bits per heavy atom. The number of aliphatic hydroxyl groups excluding tert-OH is 1. The maximum absolute atomic E-state index is 13.0. The molecule has 6 heteroatoms. The molecule has 4 rings (SSSR count). The van der Waals surface area contributed by atoms with Crippen molar-refractivity contribution in [2.45, 2.75) is 31.4 Å². The van der Waals surface area contributed by atoms with Crippen molar-refractivity contribution in [3.05, 3.63) is 48.3 Å². The van der Waals surface area contributed by atoms with E-state index in [1.807, 2.05) is 41.4 Å². The number of morpholine rings is 1. The molecular formula is C19H23N3O3. The van der Waals surface area contributed by atoms with Gasteiger partial charge in [-0.2, -0.15) is 5.10 Å². The molecule has 1 aliphatic carbocycles. The molecule has 2 heterocycles. The first-order chi connectivity index (χ1) is 12.2. The Morgan fingerprint density at radius 2 is 2.08 bits per heavy atom. The first kappa shape index (κ1) is 16.3. The van der Waals surface area contributed by atoms with Gasteiger partial charge in [-0.3, -0.25) is 4.79 Å². The lowest BCUT2D eigenvalue weighted by Gasteiger charge is -2.40. The second kappa shape index (κ2) is 6.98. The van der Waals surface area contributed by atoms with Crippen molar-refractivity contribution >= 4 is 5.91 Å². The number of ether oxygens (including phenoxy) is 1. The van der Waals surface area contributed by atoms with E-state index < -0.39 is 0 Å². The van der Waals surface area contributed by atoms with E-state index in [1.54, 1.807) is 10.9 Å². The highest BCUT2D eigenvalue weighted by Gasteiger charge is 2.39. The molecule has 1 saturated heterocycles. The van der Waals surface area contributed by atoms with Gasteiger partial charge >= 0.3 is 0 Å². The minimum atomic E-state index is -0.329. The average Bonchev–Trinajstić information content (AvgIpc) is 3.33. The molecule has 0 spiro atoms. The van der Waals surface area contributed by atoms with Crippen molar-refractivity contribution in [1.82, 2.24) is 14.7 Å². The summed E-state index contributed by atoms with van der Waals surface area (Å²) in [5.41, 5.74) is 1.58. The first-order valence-corrected chi connectivity index (χ1v) is 8.91. The van der Waals surface area contributed by atoms with E-state index >= 15 is 0 Å². The minimum absolute atomic E-state index is 0.0133. The summed E-state index contributed by atoms with van der Waals surface area (Å²) in [4.78, 5) is 14.9. The molecule has 2 fully saturated rings. The number of rotatable bonds is 3.